The Hall–Kier alpha value is -2.67. The molecule has 1 heterocycles. The van der Waals surface area contributed by atoms with Crippen LogP contribution in [0.1, 0.15) is 46.4 Å². The molecule has 2 aromatic rings. The number of nitrogens with one attached hydrogen (secondary N) is 1. The normalized spacial score (nSPS) is 16.1. The number of benzene rings is 2. The minimum atomic E-state index is -3.88. The zero-order chi connectivity index (χ0) is 19.8. The largest absolute Gasteiger partial charge is 0.350 e. The monoisotopic (exact) mass is 386 g/mol. The van der Waals surface area contributed by atoms with Crippen LogP contribution in [0.25, 0.3) is 0 Å². The van der Waals surface area contributed by atoms with Gasteiger partial charge in [0.2, 0.25) is 5.91 Å². The van der Waals surface area contributed by atoms with E-state index in [4.69, 9.17) is 0 Å². The van der Waals surface area contributed by atoms with Crippen molar-refractivity contribution in [2.24, 2.45) is 0 Å². The van der Waals surface area contributed by atoms with E-state index in [0.29, 0.717) is 0 Å². The van der Waals surface area contributed by atoms with Gasteiger partial charge in [0.1, 0.15) is 4.90 Å². The fourth-order valence-corrected chi connectivity index (χ4v) is 4.84. The van der Waals surface area contributed by atoms with Gasteiger partial charge >= 0.3 is 0 Å². The predicted octanol–water partition coefficient (Wildman–Crippen LogP) is 2.72. The van der Waals surface area contributed by atoms with Crippen molar-refractivity contribution in [2.75, 3.05) is 6.54 Å². The van der Waals surface area contributed by atoms with Gasteiger partial charge in [-0.2, -0.15) is 0 Å². The number of sulfonamides is 1. The van der Waals surface area contributed by atoms with Gasteiger partial charge in [-0.1, -0.05) is 35.9 Å². The Balaban J connectivity index is 1.66. The SMILES string of the molecule is Cc1ccc(C)c([C@@H](C)NC(=O)CCN2C(=O)c3ccccc3S2(=O)=O)c1. The Morgan fingerprint density at radius 2 is 1.85 bits per heavy atom. The molecule has 1 aliphatic heterocycles. The highest BCUT2D eigenvalue weighted by Crippen LogP contribution is 2.29. The van der Waals surface area contributed by atoms with E-state index in [0.717, 1.165) is 21.0 Å². The van der Waals surface area contributed by atoms with Gasteiger partial charge in [-0.3, -0.25) is 9.59 Å². The van der Waals surface area contributed by atoms with Crippen LogP contribution in [0.15, 0.2) is 47.4 Å². The number of fused-ring (bicyclic) bond motifs is 1. The van der Waals surface area contributed by atoms with Gasteiger partial charge in [0, 0.05) is 13.0 Å². The van der Waals surface area contributed by atoms with E-state index in [1.165, 1.54) is 12.1 Å². The van der Waals surface area contributed by atoms with Gasteiger partial charge in [0.25, 0.3) is 15.9 Å². The molecule has 1 N–H and O–H groups in total. The maximum Gasteiger partial charge on any atom is 0.269 e. The van der Waals surface area contributed by atoms with Crippen LogP contribution in [0.5, 0.6) is 0 Å². The maximum absolute atomic E-state index is 12.5. The molecule has 0 saturated heterocycles. The van der Waals surface area contributed by atoms with Crippen LogP contribution in [0.4, 0.5) is 0 Å². The van der Waals surface area contributed by atoms with E-state index in [2.05, 4.69) is 5.32 Å². The molecule has 0 aliphatic carbocycles. The minimum absolute atomic E-state index is 0.000776. The average Bonchev–Trinajstić information content (AvgIpc) is 2.82. The lowest BCUT2D eigenvalue weighted by atomic mass is 10.00. The molecule has 0 spiro atoms. The predicted molar refractivity (Wildman–Crippen MR) is 102 cm³/mol. The number of hydrogen-bond acceptors (Lipinski definition) is 4. The van der Waals surface area contributed by atoms with Crippen LogP contribution in [-0.4, -0.2) is 31.1 Å². The van der Waals surface area contributed by atoms with Gasteiger partial charge in [-0.15, -0.1) is 0 Å². The molecular weight excluding hydrogens is 364 g/mol. The lowest BCUT2D eigenvalue weighted by Crippen LogP contribution is -2.35. The number of rotatable bonds is 5. The first kappa shape index (κ1) is 19.1. The van der Waals surface area contributed by atoms with Crippen molar-refractivity contribution in [3.8, 4) is 0 Å². The molecule has 0 bridgehead atoms. The fourth-order valence-electron chi connectivity index (χ4n) is 3.27. The van der Waals surface area contributed by atoms with Crippen molar-refractivity contribution < 1.29 is 18.0 Å². The van der Waals surface area contributed by atoms with Crippen molar-refractivity contribution in [3.05, 3.63) is 64.7 Å². The number of carbonyl (C=O) groups is 2. The molecule has 1 atom stereocenters. The Labute approximate surface area is 159 Å². The number of aryl methyl sites for hydroxylation is 2. The highest BCUT2D eigenvalue weighted by molar-refractivity contribution is 7.90. The maximum atomic E-state index is 12.5. The Morgan fingerprint density at radius 3 is 2.56 bits per heavy atom. The summed E-state index contributed by atoms with van der Waals surface area (Å²) in [6.07, 6.45) is -0.0891. The second kappa shape index (κ2) is 7.15. The lowest BCUT2D eigenvalue weighted by molar-refractivity contribution is -0.121. The van der Waals surface area contributed by atoms with Gasteiger partial charge in [-0.05, 0) is 44.0 Å². The Morgan fingerprint density at radius 1 is 1.15 bits per heavy atom. The molecule has 2 amide bonds. The summed E-state index contributed by atoms with van der Waals surface area (Å²) >= 11 is 0. The van der Waals surface area contributed by atoms with Gasteiger partial charge < -0.3 is 5.32 Å². The molecule has 0 unspecified atom stereocenters. The molecule has 6 nitrogen and oxygen atoms in total. The summed E-state index contributed by atoms with van der Waals surface area (Å²) in [5.74, 6) is -0.886. The van der Waals surface area contributed by atoms with Gasteiger partial charge in [0.05, 0.1) is 11.6 Å². The third kappa shape index (κ3) is 3.60. The quantitative estimate of drug-likeness (QED) is 0.856. The van der Waals surface area contributed by atoms with E-state index in [1.54, 1.807) is 12.1 Å². The second-order valence-corrected chi connectivity index (χ2v) is 8.61. The molecule has 0 aromatic heterocycles. The van der Waals surface area contributed by atoms with Crippen molar-refractivity contribution in [3.63, 3.8) is 0 Å². The van der Waals surface area contributed by atoms with Gasteiger partial charge in [-0.25, -0.2) is 12.7 Å². The molecule has 1 aliphatic rings. The smallest absolute Gasteiger partial charge is 0.269 e. The first-order chi connectivity index (χ1) is 12.7. The molecule has 142 valence electrons. The summed E-state index contributed by atoms with van der Waals surface area (Å²) in [5, 5.41) is 2.88. The van der Waals surface area contributed by atoms with E-state index < -0.39 is 15.9 Å². The molecule has 0 fully saturated rings. The number of hydrogen-bond donors (Lipinski definition) is 1. The van der Waals surface area contributed by atoms with E-state index in [1.807, 2.05) is 39.0 Å². The second-order valence-electron chi connectivity index (χ2n) is 6.78. The molecule has 7 heteroatoms. The van der Waals surface area contributed by atoms with E-state index in [9.17, 15) is 18.0 Å². The zero-order valence-electron chi connectivity index (χ0n) is 15.5. The van der Waals surface area contributed by atoms with Crippen LogP contribution in [0, 0.1) is 13.8 Å². The van der Waals surface area contributed by atoms with Crippen LogP contribution < -0.4 is 5.32 Å². The summed E-state index contributed by atoms with van der Waals surface area (Å²) in [5.41, 5.74) is 3.34. The summed E-state index contributed by atoms with van der Waals surface area (Å²) in [6, 6.07) is 11.9. The standard InChI is InChI=1S/C20H22N2O4S/c1-13-8-9-14(2)17(12-13)15(3)21-19(23)10-11-22-20(24)16-6-4-5-7-18(16)27(22,25)26/h4-9,12,15H,10-11H2,1-3H3,(H,21,23)/t15-/m1/s1. The van der Waals surface area contributed by atoms with Crippen molar-refractivity contribution in [1.29, 1.82) is 0 Å². The molecular formula is C20H22N2O4S. The first-order valence-electron chi connectivity index (χ1n) is 8.74. The van der Waals surface area contributed by atoms with Crippen LogP contribution in [0.3, 0.4) is 0 Å². The summed E-state index contributed by atoms with van der Waals surface area (Å²) in [6.45, 7) is 5.66. The van der Waals surface area contributed by atoms with Crippen molar-refractivity contribution in [2.45, 2.75) is 38.1 Å². The summed E-state index contributed by atoms with van der Waals surface area (Å²) < 4.78 is 25.8. The minimum Gasteiger partial charge on any atom is -0.350 e. The Bertz CT molecular complexity index is 1010. The van der Waals surface area contributed by atoms with Crippen LogP contribution in [-0.2, 0) is 14.8 Å². The average molecular weight is 386 g/mol. The third-order valence-electron chi connectivity index (χ3n) is 4.73. The van der Waals surface area contributed by atoms with Gasteiger partial charge in [0.15, 0.2) is 0 Å². The number of nitrogens with zero attached hydrogens (tertiary/aromatic N) is 1. The van der Waals surface area contributed by atoms with E-state index in [-0.39, 0.29) is 35.4 Å². The van der Waals surface area contributed by atoms with Crippen molar-refractivity contribution >= 4 is 21.8 Å². The summed E-state index contributed by atoms with van der Waals surface area (Å²) in [4.78, 5) is 24.7. The summed E-state index contributed by atoms with van der Waals surface area (Å²) in [7, 11) is -3.88. The first-order valence-corrected chi connectivity index (χ1v) is 10.2. The zero-order valence-corrected chi connectivity index (χ0v) is 16.3. The van der Waals surface area contributed by atoms with Crippen LogP contribution in [0.2, 0.25) is 0 Å². The molecule has 27 heavy (non-hydrogen) atoms. The van der Waals surface area contributed by atoms with Crippen LogP contribution >= 0.6 is 0 Å². The molecule has 0 radical (unpaired) electrons. The highest BCUT2D eigenvalue weighted by atomic mass is 32.2. The lowest BCUT2D eigenvalue weighted by Gasteiger charge is -2.19. The number of carbonyl (C=O) groups excluding carboxylic acids is 2. The van der Waals surface area contributed by atoms with E-state index >= 15 is 0 Å². The number of amides is 2. The molecule has 0 saturated carbocycles. The Kier molecular flexibility index (Phi) is 5.06. The fraction of sp³-hybridized carbons (Fsp3) is 0.300. The molecule has 2 aromatic carbocycles. The third-order valence-corrected chi connectivity index (χ3v) is 6.57. The highest BCUT2D eigenvalue weighted by Gasteiger charge is 2.40. The van der Waals surface area contributed by atoms with Crippen molar-refractivity contribution in [1.82, 2.24) is 9.62 Å². The topological polar surface area (TPSA) is 83.6 Å². The molecule has 3 rings (SSSR count).